The van der Waals surface area contributed by atoms with E-state index < -0.39 is 10.2 Å². The van der Waals surface area contributed by atoms with Crippen molar-refractivity contribution in [1.29, 1.82) is 0 Å². The Morgan fingerprint density at radius 2 is 1.75 bits per heavy atom. The smallest absolute Gasteiger partial charge is 0.199 e. The van der Waals surface area contributed by atoms with E-state index in [9.17, 15) is 8.42 Å². The van der Waals surface area contributed by atoms with Crippen molar-refractivity contribution in [3.8, 4) is 0 Å². The van der Waals surface area contributed by atoms with Gasteiger partial charge >= 0.3 is 0 Å². The molecule has 1 rings (SSSR count). The monoisotopic (exact) mass is 192 g/mol. The number of hydrogen-bond donors (Lipinski definition) is 1. The van der Waals surface area contributed by atoms with E-state index in [0.29, 0.717) is 0 Å². The van der Waals surface area contributed by atoms with Gasteiger partial charge in [0.25, 0.3) is 10.2 Å². The van der Waals surface area contributed by atoms with Crippen LogP contribution in [0.5, 0.6) is 0 Å². The first-order valence-electron chi connectivity index (χ1n) is 4.22. The Morgan fingerprint density at radius 1 is 1.25 bits per heavy atom. The second kappa shape index (κ2) is 3.72. The Morgan fingerprint density at radius 3 is 2.17 bits per heavy atom. The van der Waals surface area contributed by atoms with Crippen LogP contribution in [0.1, 0.15) is 25.7 Å². The fraction of sp³-hybridized carbons (Fsp3) is 1.00. The van der Waals surface area contributed by atoms with Crippen molar-refractivity contribution in [2.75, 3.05) is 14.1 Å². The minimum absolute atomic E-state index is 0.164. The summed E-state index contributed by atoms with van der Waals surface area (Å²) in [5.74, 6) is 0. The largest absolute Gasteiger partial charge is 0.279 e. The fourth-order valence-electron chi connectivity index (χ4n) is 1.36. The third-order valence-corrected chi connectivity index (χ3v) is 3.74. The van der Waals surface area contributed by atoms with Gasteiger partial charge in [0.15, 0.2) is 0 Å². The average molecular weight is 192 g/mol. The molecule has 0 unspecified atom stereocenters. The minimum Gasteiger partial charge on any atom is -0.199 e. The van der Waals surface area contributed by atoms with Crippen LogP contribution in [0.3, 0.4) is 0 Å². The molecule has 0 atom stereocenters. The number of rotatable bonds is 3. The van der Waals surface area contributed by atoms with E-state index in [-0.39, 0.29) is 6.04 Å². The molecule has 5 heteroatoms. The molecule has 0 aliphatic heterocycles. The summed E-state index contributed by atoms with van der Waals surface area (Å²) in [6, 6.07) is 0.164. The van der Waals surface area contributed by atoms with Gasteiger partial charge in [0.1, 0.15) is 0 Å². The zero-order valence-corrected chi connectivity index (χ0v) is 8.39. The lowest BCUT2D eigenvalue weighted by molar-refractivity contribution is 0.486. The molecule has 72 valence electrons. The Labute approximate surface area is 74.1 Å². The first-order chi connectivity index (χ1) is 5.52. The molecule has 1 aliphatic carbocycles. The van der Waals surface area contributed by atoms with Crippen molar-refractivity contribution in [3.05, 3.63) is 0 Å². The summed E-state index contributed by atoms with van der Waals surface area (Å²) in [4.78, 5) is 0. The molecular formula is C7H16N2O2S. The highest BCUT2D eigenvalue weighted by molar-refractivity contribution is 7.87. The summed E-state index contributed by atoms with van der Waals surface area (Å²) < 4.78 is 26.5. The second-order valence-electron chi connectivity index (χ2n) is 3.39. The van der Waals surface area contributed by atoms with E-state index in [0.717, 1.165) is 25.7 Å². The molecule has 12 heavy (non-hydrogen) atoms. The van der Waals surface area contributed by atoms with Gasteiger partial charge in [-0.3, -0.25) is 0 Å². The SMILES string of the molecule is CN(C)S(=O)(=O)NC1CCCC1. The lowest BCUT2D eigenvalue weighted by atomic mass is 10.3. The molecule has 0 heterocycles. The van der Waals surface area contributed by atoms with E-state index in [1.54, 1.807) is 0 Å². The summed E-state index contributed by atoms with van der Waals surface area (Å²) in [7, 11) is -0.120. The number of nitrogens with zero attached hydrogens (tertiary/aromatic N) is 1. The van der Waals surface area contributed by atoms with Crippen LogP contribution >= 0.6 is 0 Å². The van der Waals surface area contributed by atoms with Crippen molar-refractivity contribution in [1.82, 2.24) is 9.03 Å². The normalized spacial score (nSPS) is 20.6. The van der Waals surface area contributed by atoms with E-state index in [1.165, 1.54) is 18.4 Å². The molecule has 1 N–H and O–H groups in total. The first kappa shape index (κ1) is 9.95. The molecule has 4 nitrogen and oxygen atoms in total. The third-order valence-electron chi connectivity index (χ3n) is 2.15. The first-order valence-corrected chi connectivity index (χ1v) is 5.66. The summed E-state index contributed by atoms with van der Waals surface area (Å²) in [5.41, 5.74) is 0. The average Bonchev–Trinajstić information content (AvgIpc) is 2.38. The predicted octanol–water partition coefficient (Wildman–Crippen LogP) is 0.325. The summed E-state index contributed by atoms with van der Waals surface area (Å²) in [5, 5.41) is 0. The van der Waals surface area contributed by atoms with Crippen LogP contribution in [0.2, 0.25) is 0 Å². The predicted molar refractivity (Wildman–Crippen MR) is 48.0 cm³/mol. The van der Waals surface area contributed by atoms with Crippen LogP contribution in [-0.4, -0.2) is 32.9 Å². The van der Waals surface area contributed by atoms with Gasteiger partial charge in [0, 0.05) is 20.1 Å². The van der Waals surface area contributed by atoms with E-state index >= 15 is 0 Å². The second-order valence-corrected chi connectivity index (χ2v) is 5.30. The molecule has 0 aromatic carbocycles. The summed E-state index contributed by atoms with van der Waals surface area (Å²) in [6.45, 7) is 0. The molecule has 0 bridgehead atoms. The van der Waals surface area contributed by atoms with Crippen LogP contribution in [0.15, 0.2) is 0 Å². The fourth-order valence-corrected chi connectivity index (χ4v) is 2.23. The van der Waals surface area contributed by atoms with E-state index in [2.05, 4.69) is 4.72 Å². The number of hydrogen-bond acceptors (Lipinski definition) is 2. The highest BCUT2D eigenvalue weighted by atomic mass is 32.2. The Hall–Kier alpha value is -0.130. The van der Waals surface area contributed by atoms with Crippen LogP contribution in [0.4, 0.5) is 0 Å². The minimum atomic E-state index is -3.20. The molecule has 0 aromatic heterocycles. The third kappa shape index (κ3) is 2.43. The van der Waals surface area contributed by atoms with Crippen molar-refractivity contribution in [2.45, 2.75) is 31.7 Å². The van der Waals surface area contributed by atoms with Gasteiger partial charge in [-0.2, -0.15) is 17.4 Å². The summed E-state index contributed by atoms with van der Waals surface area (Å²) >= 11 is 0. The van der Waals surface area contributed by atoms with Crippen molar-refractivity contribution >= 4 is 10.2 Å². The Bertz CT molecular complexity index is 230. The highest BCUT2D eigenvalue weighted by Gasteiger charge is 2.22. The standard InChI is InChI=1S/C7H16N2O2S/c1-9(2)12(10,11)8-7-5-3-4-6-7/h7-8H,3-6H2,1-2H3. The molecule has 0 amide bonds. The molecular weight excluding hydrogens is 176 g/mol. The quantitative estimate of drug-likeness (QED) is 0.700. The molecule has 0 saturated heterocycles. The van der Waals surface area contributed by atoms with Crippen molar-refractivity contribution in [2.24, 2.45) is 0 Å². The van der Waals surface area contributed by atoms with Crippen LogP contribution in [0, 0.1) is 0 Å². The molecule has 0 aromatic rings. The lowest BCUT2D eigenvalue weighted by Gasteiger charge is -2.16. The van der Waals surface area contributed by atoms with E-state index in [1.807, 2.05) is 0 Å². The molecule has 0 radical (unpaired) electrons. The van der Waals surface area contributed by atoms with Gasteiger partial charge < -0.3 is 0 Å². The van der Waals surface area contributed by atoms with E-state index in [4.69, 9.17) is 0 Å². The van der Waals surface area contributed by atoms with Crippen LogP contribution < -0.4 is 4.72 Å². The molecule has 1 saturated carbocycles. The van der Waals surface area contributed by atoms with Crippen LogP contribution in [-0.2, 0) is 10.2 Å². The maximum Gasteiger partial charge on any atom is 0.279 e. The maximum atomic E-state index is 11.3. The van der Waals surface area contributed by atoms with Crippen molar-refractivity contribution in [3.63, 3.8) is 0 Å². The van der Waals surface area contributed by atoms with Gasteiger partial charge in [-0.1, -0.05) is 12.8 Å². The Kier molecular flexibility index (Phi) is 3.09. The molecule has 1 aliphatic rings. The van der Waals surface area contributed by atoms with Crippen molar-refractivity contribution < 1.29 is 8.42 Å². The van der Waals surface area contributed by atoms with Gasteiger partial charge in [0.05, 0.1) is 0 Å². The number of nitrogens with one attached hydrogen (secondary N) is 1. The zero-order chi connectivity index (χ0) is 9.19. The topological polar surface area (TPSA) is 49.4 Å². The maximum absolute atomic E-state index is 11.3. The Balaban J connectivity index is 2.49. The van der Waals surface area contributed by atoms with Crippen LogP contribution in [0.25, 0.3) is 0 Å². The van der Waals surface area contributed by atoms with Gasteiger partial charge in [-0.15, -0.1) is 0 Å². The van der Waals surface area contributed by atoms with Gasteiger partial charge in [0.2, 0.25) is 0 Å². The summed E-state index contributed by atoms with van der Waals surface area (Å²) in [6.07, 6.45) is 4.24. The molecule has 1 fully saturated rings. The highest BCUT2D eigenvalue weighted by Crippen LogP contribution is 2.18. The zero-order valence-electron chi connectivity index (χ0n) is 7.58. The molecule has 0 spiro atoms. The lowest BCUT2D eigenvalue weighted by Crippen LogP contribution is -2.40. The van der Waals surface area contributed by atoms with Gasteiger partial charge in [-0.25, -0.2) is 0 Å². The van der Waals surface area contributed by atoms with Gasteiger partial charge in [-0.05, 0) is 12.8 Å².